The van der Waals surface area contributed by atoms with Crippen LogP contribution in [0.15, 0.2) is 83.6 Å². The average Bonchev–Trinajstić information content (AvgIpc) is 3.30. The molecule has 180 valence electrons. The second-order valence-corrected chi connectivity index (χ2v) is 8.54. The van der Waals surface area contributed by atoms with E-state index in [1.807, 2.05) is 57.2 Å². The molecule has 0 aliphatic rings. The summed E-state index contributed by atoms with van der Waals surface area (Å²) in [6.07, 6.45) is 4.93. The van der Waals surface area contributed by atoms with E-state index in [0.29, 0.717) is 23.6 Å². The number of fused-ring (bicyclic) bond motifs is 2. The maximum atomic E-state index is 13.5. The Morgan fingerprint density at radius 2 is 1.92 bits per heavy atom. The Hall–Kier alpha value is -4.45. The first-order chi connectivity index (χ1) is 17.5. The van der Waals surface area contributed by atoms with Gasteiger partial charge in [0.15, 0.2) is 0 Å². The molecule has 0 saturated carbocycles. The van der Waals surface area contributed by atoms with Gasteiger partial charge in [0.25, 0.3) is 0 Å². The third kappa shape index (κ3) is 4.33. The van der Waals surface area contributed by atoms with Crippen LogP contribution in [0.5, 0.6) is 5.75 Å². The molecule has 36 heavy (non-hydrogen) atoms. The molecule has 6 heteroatoms. The maximum Gasteiger partial charge on any atom is 0.248 e. The van der Waals surface area contributed by atoms with Gasteiger partial charge < -0.3 is 14.5 Å². The smallest absolute Gasteiger partial charge is 0.248 e. The molecule has 0 aliphatic carbocycles. The lowest BCUT2D eigenvalue weighted by Crippen LogP contribution is -2.09. The minimum Gasteiger partial charge on any atom is -0.493 e. The summed E-state index contributed by atoms with van der Waals surface area (Å²) in [5.74, 6) is 0.100. The standard InChI is InChI=1S/C30H25FN2O3/c1-4-35-29-19(3)30-24(25(17-36-30)20-10-12-22(31)13-11-20)16-23(29)18(2)15-27(34)33-26-9-5-7-21-8-6-14-32-28(21)26/h5-17H,4H2,1-3H3,(H,33,34)/b18-15+. The molecule has 0 atom stereocenters. The normalized spacial score (nSPS) is 11.7. The molecule has 1 amide bonds. The van der Waals surface area contributed by atoms with Crippen LogP contribution in [0.1, 0.15) is 25.0 Å². The molecule has 1 N–H and O–H groups in total. The summed E-state index contributed by atoms with van der Waals surface area (Å²) in [4.78, 5) is 17.4. The van der Waals surface area contributed by atoms with Gasteiger partial charge in [-0.1, -0.05) is 30.3 Å². The van der Waals surface area contributed by atoms with Gasteiger partial charge in [0, 0.05) is 39.7 Å². The molecular weight excluding hydrogens is 455 g/mol. The zero-order valence-electron chi connectivity index (χ0n) is 20.3. The van der Waals surface area contributed by atoms with Crippen LogP contribution in [0.2, 0.25) is 0 Å². The Morgan fingerprint density at radius 3 is 2.69 bits per heavy atom. The van der Waals surface area contributed by atoms with Crippen LogP contribution in [0.25, 0.3) is 38.6 Å². The molecule has 2 heterocycles. The Bertz CT molecular complexity index is 1610. The van der Waals surface area contributed by atoms with E-state index in [4.69, 9.17) is 9.15 Å². The molecule has 5 rings (SSSR count). The first-order valence-electron chi connectivity index (χ1n) is 11.7. The first-order valence-corrected chi connectivity index (χ1v) is 11.7. The number of carbonyl (C=O) groups is 1. The van der Waals surface area contributed by atoms with E-state index in [-0.39, 0.29) is 11.7 Å². The summed E-state index contributed by atoms with van der Waals surface area (Å²) in [5.41, 5.74) is 6.12. The van der Waals surface area contributed by atoms with Crippen molar-refractivity contribution in [2.75, 3.05) is 11.9 Å². The SMILES string of the molecule is CCOc1c(/C(C)=C/C(=O)Nc2cccc3cccnc23)cc2c(-c3ccc(F)cc3)coc2c1C. The number of benzene rings is 3. The highest BCUT2D eigenvalue weighted by atomic mass is 19.1. The molecule has 0 saturated heterocycles. The van der Waals surface area contributed by atoms with Crippen molar-refractivity contribution in [3.05, 3.63) is 96.1 Å². The van der Waals surface area contributed by atoms with Crippen LogP contribution < -0.4 is 10.1 Å². The second-order valence-electron chi connectivity index (χ2n) is 8.54. The average molecular weight is 481 g/mol. The summed E-state index contributed by atoms with van der Waals surface area (Å²) in [6.45, 7) is 6.19. The number of pyridine rings is 1. The van der Waals surface area contributed by atoms with Gasteiger partial charge in [0.2, 0.25) is 5.91 Å². The fourth-order valence-corrected chi connectivity index (χ4v) is 4.44. The van der Waals surface area contributed by atoms with Crippen LogP contribution in [0, 0.1) is 12.7 Å². The van der Waals surface area contributed by atoms with Crippen molar-refractivity contribution in [3.8, 4) is 16.9 Å². The van der Waals surface area contributed by atoms with E-state index in [1.54, 1.807) is 30.7 Å². The highest BCUT2D eigenvalue weighted by molar-refractivity contribution is 6.08. The van der Waals surface area contributed by atoms with Crippen molar-refractivity contribution in [2.45, 2.75) is 20.8 Å². The third-order valence-electron chi connectivity index (χ3n) is 6.15. The van der Waals surface area contributed by atoms with Gasteiger partial charge in [-0.15, -0.1) is 0 Å². The van der Waals surface area contributed by atoms with Crippen molar-refractivity contribution in [3.63, 3.8) is 0 Å². The summed E-state index contributed by atoms with van der Waals surface area (Å²) in [6, 6.07) is 17.7. The molecule has 2 aromatic heterocycles. The number of nitrogens with one attached hydrogen (secondary N) is 1. The van der Waals surface area contributed by atoms with Crippen molar-refractivity contribution in [2.24, 2.45) is 0 Å². The third-order valence-corrected chi connectivity index (χ3v) is 6.15. The van der Waals surface area contributed by atoms with Crippen molar-refractivity contribution in [1.82, 2.24) is 4.98 Å². The minimum atomic E-state index is -0.298. The van der Waals surface area contributed by atoms with E-state index in [0.717, 1.165) is 44.1 Å². The number of amides is 1. The van der Waals surface area contributed by atoms with E-state index in [9.17, 15) is 9.18 Å². The Labute approximate surface area is 208 Å². The number of anilines is 1. The van der Waals surface area contributed by atoms with Gasteiger partial charge in [-0.25, -0.2) is 4.39 Å². The molecular formula is C30H25FN2O3. The molecule has 0 unspecified atom stereocenters. The highest BCUT2D eigenvalue weighted by Crippen LogP contribution is 2.40. The van der Waals surface area contributed by atoms with Gasteiger partial charge in [-0.3, -0.25) is 9.78 Å². The number of ether oxygens (including phenoxy) is 1. The molecule has 0 fully saturated rings. The lowest BCUT2D eigenvalue weighted by Gasteiger charge is -2.15. The van der Waals surface area contributed by atoms with Gasteiger partial charge in [0.1, 0.15) is 17.1 Å². The number of allylic oxidation sites excluding steroid dienone is 1. The van der Waals surface area contributed by atoms with Gasteiger partial charge in [-0.2, -0.15) is 0 Å². The fraction of sp³-hybridized carbons (Fsp3) is 0.133. The summed E-state index contributed by atoms with van der Waals surface area (Å²) in [7, 11) is 0. The summed E-state index contributed by atoms with van der Waals surface area (Å²) < 4.78 is 25.4. The predicted octanol–water partition coefficient (Wildman–Crippen LogP) is 7.54. The van der Waals surface area contributed by atoms with Crippen LogP contribution in [0.4, 0.5) is 10.1 Å². The number of hydrogen-bond donors (Lipinski definition) is 1. The molecule has 0 bridgehead atoms. The van der Waals surface area contributed by atoms with Crippen LogP contribution >= 0.6 is 0 Å². The monoisotopic (exact) mass is 480 g/mol. The zero-order valence-corrected chi connectivity index (χ0v) is 20.3. The van der Waals surface area contributed by atoms with E-state index in [2.05, 4.69) is 10.3 Å². The highest BCUT2D eigenvalue weighted by Gasteiger charge is 2.19. The molecule has 0 spiro atoms. The van der Waals surface area contributed by atoms with Gasteiger partial charge in [0.05, 0.1) is 24.1 Å². The number of nitrogens with zero attached hydrogens (tertiary/aromatic N) is 1. The molecule has 3 aromatic carbocycles. The number of carbonyl (C=O) groups excluding carboxylic acids is 1. The number of hydrogen-bond acceptors (Lipinski definition) is 4. The Kier molecular flexibility index (Phi) is 6.25. The lowest BCUT2D eigenvalue weighted by atomic mass is 9.96. The topological polar surface area (TPSA) is 64.4 Å². The number of aryl methyl sites for hydroxylation is 1. The van der Waals surface area contributed by atoms with Gasteiger partial charge >= 0.3 is 0 Å². The minimum absolute atomic E-state index is 0.267. The van der Waals surface area contributed by atoms with E-state index >= 15 is 0 Å². The molecule has 5 nitrogen and oxygen atoms in total. The molecule has 0 radical (unpaired) electrons. The van der Waals surface area contributed by atoms with Crippen molar-refractivity contribution < 1.29 is 18.3 Å². The first kappa shape index (κ1) is 23.3. The Balaban J connectivity index is 1.56. The lowest BCUT2D eigenvalue weighted by molar-refractivity contribution is -0.111. The summed E-state index contributed by atoms with van der Waals surface area (Å²) >= 11 is 0. The zero-order chi connectivity index (χ0) is 25.2. The number of halogens is 1. The van der Waals surface area contributed by atoms with Crippen LogP contribution in [0.3, 0.4) is 0 Å². The number of rotatable bonds is 6. The van der Waals surface area contributed by atoms with Crippen molar-refractivity contribution >= 4 is 39.0 Å². The maximum absolute atomic E-state index is 13.5. The quantitative estimate of drug-likeness (QED) is 0.255. The largest absolute Gasteiger partial charge is 0.493 e. The van der Waals surface area contributed by atoms with Gasteiger partial charge in [-0.05, 0) is 62.2 Å². The van der Waals surface area contributed by atoms with Crippen LogP contribution in [-0.2, 0) is 4.79 Å². The summed E-state index contributed by atoms with van der Waals surface area (Å²) in [5, 5.41) is 4.77. The molecule has 5 aromatic rings. The number of para-hydroxylation sites is 1. The number of aromatic nitrogens is 1. The van der Waals surface area contributed by atoms with Crippen molar-refractivity contribution in [1.29, 1.82) is 0 Å². The number of furan rings is 1. The Morgan fingerprint density at radius 1 is 1.14 bits per heavy atom. The molecule has 0 aliphatic heterocycles. The predicted molar refractivity (Wildman–Crippen MR) is 142 cm³/mol. The fourth-order valence-electron chi connectivity index (χ4n) is 4.44. The van der Waals surface area contributed by atoms with Crippen LogP contribution in [-0.4, -0.2) is 17.5 Å². The van der Waals surface area contributed by atoms with E-state index < -0.39 is 0 Å². The van der Waals surface area contributed by atoms with E-state index in [1.165, 1.54) is 12.1 Å². The second kappa shape index (κ2) is 9.66.